The lowest BCUT2D eigenvalue weighted by Crippen LogP contribution is -2.11. The van der Waals surface area contributed by atoms with Crippen LogP contribution in [0.4, 0.5) is 0 Å². The van der Waals surface area contributed by atoms with E-state index in [4.69, 9.17) is 0 Å². The summed E-state index contributed by atoms with van der Waals surface area (Å²) in [6, 6.07) is 70.2. The monoisotopic (exact) mass is 725 g/mol. The Balaban J connectivity index is 1.01. The van der Waals surface area contributed by atoms with E-state index in [2.05, 4.69) is 217 Å². The Labute approximate surface area is 333 Å². The summed E-state index contributed by atoms with van der Waals surface area (Å²) >= 11 is 0. The van der Waals surface area contributed by atoms with Crippen LogP contribution in [0, 0.1) is 5.92 Å². The van der Waals surface area contributed by atoms with Crippen LogP contribution in [0.5, 0.6) is 0 Å². The number of benzene rings is 8. The fourth-order valence-corrected chi connectivity index (χ4v) is 10.5. The zero-order valence-corrected chi connectivity index (χ0v) is 31.5. The van der Waals surface area contributed by atoms with E-state index in [0.29, 0.717) is 17.8 Å². The molecule has 0 N–H and O–H groups in total. The first-order valence-electron chi connectivity index (χ1n) is 20.2. The lowest BCUT2D eigenvalue weighted by molar-refractivity contribution is 0.567. The maximum absolute atomic E-state index is 2.53. The Morgan fingerprint density at radius 3 is 1.82 bits per heavy atom. The van der Waals surface area contributed by atoms with Gasteiger partial charge in [0.15, 0.2) is 0 Å². The third kappa shape index (κ3) is 5.02. The molecule has 0 saturated carbocycles. The highest BCUT2D eigenvalue weighted by molar-refractivity contribution is 6.11. The molecule has 1 heterocycles. The molecule has 0 fully saturated rings. The lowest BCUT2D eigenvalue weighted by Gasteiger charge is -2.23. The van der Waals surface area contributed by atoms with Crippen molar-refractivity contribution in [3.63, 3.8) is 0 Å². The summed E-state index contributed by atoms with van der Waals surface area (Å²) in [6.07, 6.45) is 9.34. The summed E-state index contributed by atoms with van der Waals surface area (Å²) in [6.45, 7) is 0. The topological polar surface area (TPSA) is 4.93 Å². The van der Waals surface area contributed by atoms with Crippen molar-refractivity contribution < 1.29 is 0 Å². The number of rotatable bonds is 5. The van der Waals surface area contributed by atoms with E-state index < -0.39 is 0 Å². The standard InChI is InChI=1S/C56H39N/c1-4-14-36(15-5-1)37-24-26-39(27-25-37)55-45-22-12-10-20-43(45)48-32-40(28-30-47(48)55)41-29-31-53-50(33-41)51-34-49-44-21-11-13-23-46(44)56(38-16-6-2-7-17-38)52(49)35-54(51)57(53)42-18-8-3-9-19-42/h1-35,44,46,55-56H. The van der Waals surface area contributed by atoms with Gasteiger partial charge in [-0.05, 0) is 115 Å². The number of para-hydroxylation sites is 1. The summed E-state index contributed by atoms with van der Waals surface area (Å²) < 4.78 is 2.48. The molecule has 0 aliphatic heterocycles. The Hall–Kier alpha value is -6.96. The molecule has 9 aromatic rings. The molecule has 0 amide bonds. The predicted octanol–water partition coefficient (Wildman–Crippen LogP) is 14.2. The van der Waals surface area contributed by atoms with Crippen molar-refractivity contribution in [2.75, 3.05) is 0 Å². The van der Waals surface area contributed by atoms with Gasteiger partial charge in [0.1, 0.15) is 0 Å². The van der Waals surface area contributed by atoms with Crippen molar-refractivity contribution in [3.8, 4) is 39.1 Å². The average molecular weight is 726 g/mol. The van der Waals surface area contributed by atoms with Crippen molar-refractivity contribution in [1.82, 2.24) is 4.57 Å². The molecule has 1 nitrogen and oxygen atoms in total. The summed E-state index contributed by atoms with van der Waals surface area (Å²) in [4.78, 5) is 0. The van der Waals surface area contributed by atoms with Crippen molar-refractivity contribution in [3.05, 3.63) is 246 Å². The van der Waals surface area contributed by atoms with Crippen molar-refractivity contribution in [1.29, 1.82) is 0 Å². The molecule has 268 valence electrons. The molecular weight excluding hydrogens is 687 g/mol. The lowest BCUT2D eigenvalue weighted by atomic mass is 9.80. The van der Waals surface area contributed by atoms with Crippen LogP contribution < -0.4 is 0 Å². The fourth-order valence-electron chi connectivity index (χ4n) is 10.5. The molecule has 0 bridgehead atoms. The molecule has 3 aliphatic carbocycles. The fraction of sp³-hybridized carbons (Fsp3) is 0.0714. The zero-order valence-electron chi connectivity index (χ0n) is 31.5. The summed E-state index contributed by atoms with van der Waals surface area (Å²) in [5, 5.41) is 2.61. The van der Waals surface area contributed by atoms with Gasteiger partial charge in [-0.3, -0.25) is 0 Å². The molecule has 57 heavy (non-hydrogen) atoms. The molecule has 0 spiro atoms. The zero-order chi connectivity index (χ0) is 37.5. The second kappa shape index (κ2) is 12.8. The van der Waals surface area contributed by atoms with Crippen LogP contribution in [-0.4, -0.2) is 4.57 Å². The quantitative estimate of drug-likeness (QED) is 0.166. The number of hydrogen-bond donors (Lipinski definition) is 0. The van der Waals surface area contributed by atoms with Gasteiger partial charge in [0, 0.05) is 34.2 Å². The van der Waals surface area contributed by atoms with E-state index in [0.717, 1.165) is 0 Å². The van der Waals surface area contributed by atoms with Gasteiger partial charge in [-0.2, -0.15) is 0 Å². The minimum Gasteiger partial charge on any atom is -0.309 e. The molecule has 1 heteroatoms. The van der Waals surface area contributed by atoms with Gasteiger partial charge >= 0.3 is 0 Å². The van der Waals surface area contributed by atoms with E-state index in [1.807, 2.05) is 0 Å². The molecule has 12 rings (SSSR count). The summed E-state index contributed by atoms with van der Waals surface area (Å²) in [5.74, 6) is 1.29. The molecule has 0 saturated heterocycles. The van der Waals surface area contributed by atoms with E-state index in [1.165, 1.54) is 94.3 Å². The second-order valence-electron chi connectivity index (χ2n) is 16.0. The van der Waals surface area contributed by atoms with Gasteiger partial charge in [-0.15, -0.1) is 0 Å². The normalized spacial score (nSPS) is 18.7. The van der Waals surface area contributed by atoms with Crippen LogP contribution in [0.15, 0.2) is 212 Å². The minimum atomic E-state index is 0.204. The van der Waals surface area contributed by atoms with Gasteiger partial charge < -0.3 is 4.57 Å². The van der Waals surface area contributed by atoms with Crippen molar-refractivity contribution in [2.45, 2.75) is 17.8 Å². The first kappa shape index (κ1) is 32.3. The SMILES string of the molecule is C1=CC2c3cc4c5cc(-c6ccc7c(c6)-c6ccccc6C7c6ccc(-c7ccccc7)cc6)ccc5n(-c5ccccc5)c4cc3C(c3ccccc3)C2C=C1. The number of fused-ring (bicyclic) bond motifs is 9. The smallest absolute Gasteiger partial charge is 0.0544 e. The maximum atomic E-state index is 2.53. The van der Waals surface area contributed by atoms with Crippen LogP contribution in [0.25, 0.3) is 60.9 Å². The number of nitrogens with zero attached hydrogens (tertiary/aromatic N) is 1. The summed E-state index contributed by atoms with van der Waals surface area (Å²) in [5.41, 5.74) is 19.7. The number of aromatic nitrogens is 1. The van der Waals surface area contributed by atoms with Crippen molar-refractivity contribution >= 4 is 21.8 Å². The second-order valence-corrected chi connectivity index (χ2v) is 16.0. The molecule has 4 unspecified atom stereocenters. The first-order valence-corrected chi connectivity index (χ1v) is 20.2. The van der Waals surface area contributed by atoms with Crippen molar-refractivity contribution in [2.24, 2.45) is 5.92 Å². The van der Waals surface area contributed by atoms with E-state index >= 15 is 0 Å². The highest BCUT2D eigenvalue weighted by Crippen LogP contribution is 2.54. The Bertz CT molecular complexity index is 3060. The average Bonchev–Trinajstić information content (AvgIpc) is 3.91. The van der Waals surface area contributed by atoms with Crippen LogP contribution >= 0.6 is 0 Å². The van der Waals surface area contributed by atoms with Gasteiger partial charge in [-0.25, -0.2) is 0 Å². The van der Waals surface area contributed by atoms with Crippen LogP contribution in [0.2, 0.25) is 0 Å². The largest absolute Gasteiger partial charge is 0.309 e. The number of allylic oxidation sites excluding steroid dienone is 4. The van der Waals surface area contributed by atoms with Gasteiger partial charge in [0.2, 0.25) is 0 Å². The van der Waals surface area contributed by atoms with Crippen LogP contribution in [0.1, 0.15) is 51.1 Å². The third-order valence-corrected chi connectivity index (χ3v) is 13.0. The Kier molecular flexibility index (Phi) is 7.25. The molecule has 4 atom stereocenters. The molecule has 1 aromatic heterocycles. The van der Waals surface area contributed by atoms with Gasteiger partial charge in [0.05, 0.1) is 11.0 Å². The van der Waals surface area contributed by atoms with Gasteiger partial charge in [0.25, 0.3) is 0 Å². The number of hydrogen-bond acceptors (Lipinski definition) is 0. The highest BCUT2D eigenvalue weighted by atomic mass is 15.0. The van der Waals surface area contributed by atoms with E-state index in [9.17, 15) is 0 Å². The predicted molar refractivity (Wildman–Crippen MR) is 237 cm³/mol. The Morgan fingerprint density at radius 2 is 1.00 bits per heavy atom. The van der Waals surface area contributed by atoms with Crippen LogP contribution in [0.3, 0.4) is 0 Å². The minimum absolute atomic E-state index is 0.204. The molecular formula is C56H39N. The first-order chi connectivity index (χ1) is 28.3. The molecule has 8 aromatic carbocycles. The highest BCUT2D eigenvalue weighted by Gasteiger charge is 2.40. The Morgan fingerprint density at radius 1 is 0.368 bits per heavy atom. The van der Waals surface area contributed by atoms with E-state index in [1.54, 1.807) is 0 Å². The van der Waals surface area contributed by atoms with E-state index in [-0.39, 0.29) is 5.92 Å². The summed E-state index contributed by atoms with van der Waals surface area (Å²) in [7, 11) is 0. The maximum Gasteiger partial charge on any atom is 0.0544 e. The van der Waals surface area contributed by atoms with Crippen LogP contribution in [-0.2, 0) is 0 Å². The third-order valence-electron chi connectivity index (χ3n) is 13.0. The molecule has 3 aliphatic rings. The molecule has 0 radical (unpaired) electrons. The van der Waals surface area contributed by atoms with Gasteiger partial charge in [-0.1, -0.05) is 170 Å².